The average molecular weight is 344 g/mol. The minimum Gasteiger partial charge on any atom is -0.370 e. The van der Waals surface area contributed by atoms with Crippen LogP contribution in [0.25, 0.3) is 0 Å². The van der Waals surface area contributed by atoms with Gasteiger partial charge in [-0.25, -0.2) is 9.67 Å². The summed E-state index contributed by atoms with van der Waals surface area (Å²) >= 11 is 0. The van der Waals surface area contributed by atoms with Gasteiger partial charge in [0.05, 0.1) is 4.92 Å². The van der Waals surface area contributed by atoms with E-state index in [1.807, 2.05) is 32.0 Å². The zero-order chi connectivity index (χ0) is 18.0. The van der Waals surface area contributed by atoms with Gasteiger partial charge in [0, 0.05) is 31.9 Å². The summed E-state index contributed by atoms with van der Waals surface area (Å²) in [5, 5.41) is 19.2. The molecule has 3 rings (SSSR count). The highest BCUT2D eigenvalue weighted by atomic mass is 16.6. The van der Waals surface area contributed by atoms with Gasteiger partial charge >= 0.3 is 5.69 Å². The molecule has 2 aromatic heterocycles. The van der Waals surface area contributed by atoms with E-state index >= 15 is 0 Å². The molecule has 0 aliphatic carbocycles. The first-order valence-electron chi connectivity index (χ1n) is 8.63. The number of nitrogens with one attached hydrogen (secondary N) is 1. The van der Waals surface area contributed by atoms with Crippen molar-refractivity contribution in [3.63, 3.8) is 0 Å². The fourth-order valence-corrected chi connectivity index (χ4v) is 3.39. The minimum absolute atomic E-state index is 0.135. The molecule has 0 spiro atoms. The molecule has 0 amide bonds. The number of aromatic nitrogens is 3. The third-order valence-corrected chi connectivity index (χ3v) is 4.60. The molecule has 0 radical (unpaired) electrons. The number of rotatable bonds is 6. The highest BCUT2D eigenvalue weighted by molar-refractivity contribution is 5.62. The van der Waals surface area contributed by atoms with Gasteiger partial charge in [0.25, 0.3) is 0 Å². The van der Waals surface area contributed by atoms with Crippen molar-refractivity contribution in [1.82, 2.24) is 14.8 Å². The Balaban J connectivity index is 1.70. The summed E-state index contributed by atoms with van der Waals surface area (Å²) in [6.45, 7) is 8.64. The van der Waals surface area contributed by atoms with E-state index in [2.05, 4.69) is 20.3 Å². The van der Waals surface area contributed by atoms with E-state index in [1.165, 1.54) is 0 Å². The Kier molecular flexibility index (Phi) is 4.87. The van der Waals surface area contributed by atoms with Gasteiger partial charge in [-0.2, -0.15) is 5.10 Å². The van der Waals surface area contributed by atoms with Crippen LogP contribution in [0, 0.1) is 29.9 Å². The molecule has 1 fully saturated rings. The smallest absolute Gasteiger partial charge is 0.333 e. The van der Waals surface area contributed by atoms with E-state index in [1.54, 1.807) is 11.6 Å². The summed E-state index contributed by atoms with van der Waals surface area (Å²) in [6, 6.07) is 5.91. The number of hydrogen-bond acceptors (Lipinski definition) is 6. The lowest BCUT2D eigenvalue weighted by Gasteiger charge is -2.19. The van der Waals surface area contributed by atoms with Crippen LogP contribution in [0.3, 0.4) is 0 Å². The summed E-state index contributed by atoms with van der Waals surface area (Å²) in [5.74, 6) is 1.93. The van der Waals surface area contributed by atoms with Gasteiger partial charge in [0.2, 0.25) is 5.82 Å². The Morgan fingerprint density at radius 2 is 2.20 bits per heavy atom. The highest BCUT2D eigenvalue weighted by Crippen LogP contribution is 2.34. The Hall–Kier alpha value is -2.64. The molecular weight excluding hydrogens is 320 g/mol. The number of nitro groups is 1. The quantitative estimate of drug-likeness (QED) is 0.640. The first-order valence-corrected chi connectivity index (χ1v) is 8.63. The molecule has 8 heteroatoms. The second-order valence-electron chi connectivity index (χ2n) is 6.48. The number of anilines is 2. The van der Waals surface area contributed by atoms with E-state index in [-0.39, 0.29) is 10.6 Å². The van der Waals surface area contributed by atoms with Crippen molar-refractivity contribution in [3.05, 3.63) is 39.7 Å². The van der Waals surface area contributed by atoms with Gasteiger partial charge < -0.3 is 10.2 Å². The van der Waals surface area contributed by atoms with Crippen molar-refractivity contribution in [2.24, 2.45) is 5.92 Å². The van der Waals surface area contributed by atoms with Crippen molar-refractivity contribution in [2.75, 3.05) is 29.9 Å². The Morgan fingerprint density at radius 3 is 2.88 bits per heavy atom. The van der Waals surface area contributed by atoms with Gasteiger partial charge in [-0.1, -0.05) is 6.07 Å². The van der Waals surface area contributed by atoms with E-state index in [0.717, 1.165) is 37.6 Å². The van der Waals surface area contributed by atoms with Crippen molar-refractivity contribution in [1.29, 1.82) is 0 Å². The summed E-state index contributed by atoms with van der Waals surface area (Å²) in [7, 11) is 0. The standard InChI is InChI=1S/C17H24N6O2/c1-4-22-17(16(23(24)25)13(3)20-22)21-9-8-14(11-21)10-18-15-7-5-6-12(2)19-15/h5-7,14H,4,8-11H2,1-3H3,(H,18,19). The zero-order valence-electron chi connectivity index (χ0n) is 14.9. The monoisotopic (exact) mass is 344 g/mol. The summed E-state index contributed by atoms with van der Waals surface area (Å²) in [4.78, 5) is 17.7. The van der Waals surface area contributed by atoms with Crippen molar-refractivity contribution in [3.8, 4) is 0 Å². The number of pyridine rings is 1. The molecule has 25 heavy (non-hydrogen) atoms. The lowest BCUT2D eigenvalue weighted by molar-refractivity contribution is -0.384. The van der Waals surface area contributed by atoms with Crippen LogP contribution in [0.4, 0.5) is 17.3 Å². The Labute approximate surface area is 147 Å². The summed E-state index contributed by atoms with van der Waals surface area (Å²) < 4.78 is 1.74. The Bertz CT molecular complexity index is 772. The van der Waals surface area contributed by atoms with E-state index < -0.39 is 0 Å². The lowest BCUT2D eigenvalue weighted by atomic mass is 10.1. The number of nitrogens with zero attached hydrogens (tertiary/aromatic N) is 5. The maximum Gasteiger partial charge on any atom is 0.333 e. The second-order valence-corrected chi connectivity index (χ2v) is 6.48. The predicted molar refractivity (Wildman–Crippen MR) is 97.1 cm³/mol. The van der Waals surface area contributed by atoms with Crippen LogP contribution in [0.2, 0.25) is 0 Å². The van der Waals surface area contributed by atoms with Gasteiger partial charge in [-0.15, -0.1) is 0 Å². The molecule has 0 saturated carbocycles. The molecule has 0 aromatic carbocycles. The minimum atomic E-state index is -0.313. The maximum atomic E-state index is 11.5. The van der Waals surface area contributed by atoms with E-state index in [9.17, 15) is 10.1 Å². The molecule has 1 atom stereocenters. The van der Waals surface area contributed by atoms with Crippen LogP contribution in [0.15, 0.2) is 18.2 Å². The molecular formula is C17H24N6O2. The van der Waals surface area contributed by atoms with Gasteiger partial charge in [-0.05, 0) is 45.2 Å². The molecule has 0 bridgehead atoms. The topological polar surface area (TPSA) is 89.1 Å². The molecule has 134 valence electrons. The number of aryl methyl sites for hydroxylation is 3. The first kappa shape index (κ1) is 17.2. The lowest BCUT2D eigenvalue weighted by Crippen LogP contribution is -2.25. The Morgan fingerprint density at radius 1 is 1.40 bits per heavy atom. The fraction of sp³-hybridized carbons (Fsp3) is 0.529. The SMILES string of the molecule is CCn1nc(C)c([N+](=O)[O-])c1N1CCC(CNc2cccc(C)n2)C1. The highest BCUT2D eigenvalue weighted by Gasteiger charge is 2.33. The molecule has 1 saturated heterocycles. The first-order chi connectivity index (χ1) is 12.0. The van der Waals surface area contributed by atoms with Crippen LogP contribution in [-0.4, -0.2) is 39.3 Å². The molecule has 1 N–H and O–H groups in total. The number of hydrogen-bond donors (Lipinski definition) is 1. The van der Waals surface area contributed by atoms with Crippen LogP contribution >= 0.6 is 0 Å². The third kappa shape index (κ3) is 3.57. The predicted octanol–water partition coefficient (Wildman–Crippen LogP) is 2.76. The van der Waals surface area contributed by atoms with Gasteiger partial charge in [0.15, 0.2) is 0 Å². The van der Waals surface area contributed by atoms with Crippen LogP contribution < -0.4 is 10.2 Å². The average Bonchev–Trinajstić information content (AvgIpc) is 3.16. The van der Waals surface area contributed by atoms with Gasteiger partial charge in [0.1, 0.15) is 11.5 Å². The van der Waals surface area contributed by atoms with Crippen LogP contribution in [-0.2, 0) is 6.54 Å². The molecule has 1 unspecified atom stereocenters. The van der Waals surface area contributed by atoms with E-state index in [0.29, 0.717) is 24.0 Å². The largest absolute Gasteiger partial charge is 0.370 e. The molecule has 3 heterocycles. The molecule has 1 aliphatic rings. The molecule has 2 aromatic rings. The normalized spacial score (nSPS) is 17.1. The summed E-state index contributed by atoms with van der Waals surface area (Å²) in [5.41, 5.74) is 1.60. The van der Waals surface area contributed by atoms with Crippen molar-refractivity contribution < 1.29 is 4.92 Å². The van der Waals surface area contributed by atoms with Crippen LogP contribution in [0.5, 0.6) is 0 Å². The fourth-order valence-electron chi connectivity index (χ4n) is 3.39. The second kappa shape index (κ2) is 7.08. The third-order valence-electron chi connectivity index (χ3n) is 4.60. The van der Waals surface area contributed by atoms with Crippen molar-refractivity contribution >= 4 is 17.3 Å². The molecule has 1 aliphatic heterocycles. The van der Waals surface area contributed by atoms with E-state index in [4.69, 9.17) is 0 Å². The zero-order valence-corrected chi connectivity index (χ0v) is 14.9. The summed E-state index contributed by atoms with van der Waals surface area (Å²) in [6.07, 6.45) is 0.990. The van der Waals surface area contributed by atoms with Crippen LogP contribution in [0.1, 0.15) is 24.7 Å². The maximum absolute atomic E-state index is 11.5. The molecule has 8 nitrogen and oxygen atoms in total. The van der Waals surface area contributed by atoms with Crippen molar-refractivity contribution in [2.45, 2.75) is 33.7 Å². The van der Waals surface area contributed by atoms with Gasteiger partial charge in [-0.3, -0.25) is 10.1 Å².